The van der Waals surface area contributed by atoms with Crippen LogP contribution in [-0.2, 0) is 9.59 Å². The molecule has 1 rings (SSSR count). The molecule has 106 valence electrons. The second-order valence-corrected chi connectivity index (χ2v) is 4.31. The summed E-state index contributed by atoms with van der Waals surface area (Å²) in [6.07, 6.45) is 0. The average molecular weight is 286 g/mol. The Morgan fingerprint density at radius 2 is 1.95 bits per heavy atom. The van der Waals surface area contributed by atoms with Gasteiger partial charge in [-0.25, -0.2) is 0 Å². The van der Waals surface area contributed by atoms with Gasteiger partial charge < -0.3 is 16.4 Å². The number of nitrogens with two attached hydrogens (primary N) is 1. The number of carbonyl (C=O) groups excluding carboxylic acids is 2. The van der Waals surface area contributed by atoms with Crippen LogP contribution in [0, 0.1) is 0 Å². The quantitative estimate of drug-likeness (QED) is 0.761. The fourth-order valence-corrected chi connectivity index (χ4v) is 1.43. The number of nitrogens with one attached hydrogen (secondary N) is 2. The first-order chi connectivity index (χ1) is 8.52. The van der Waals surface area contributed by atoms with Gasteiger partial charge in [-0.1, -0.05) is 26.0 Å². The first-order valence-electron chi connectivity index (χ1n) is 5.89. The molecule has 0 fully saturated rings. The summed E-state index contributed by atoms with van der Waals surface area (Å²) in [5.74, 6) is -0.211. The highest BCUT2D eigenvalue weighted by atomic mass is 35.5. The molecule has 2 amide bonds. The van der Waals surface area contributed by atoms with E-state index in [-0.39, 0.29) is 37.3 Å². The minimum Gasteiger partial charge on any atom is -0.346 e. The van der Waals surface area contributed by atoms with E-state index in [1.54, 1.807) is 0 Å². The minimum atomic E-state index is -0.346. The van der Waals surface area contributed by atoms with Gasteiger partial charge in [0, 0.05) is 5.69 Å². The van der Waals surface area contributed by atoms with Crippen molar-refractivity contribution in [1.82, 2.24) is 5.32 Å². The molecule has 0 spiro atoms. The van der Waals surface area contributed by atoms with Gasteiger partial charge in [-0.15, -0.1) is 12.4 Å². The molecule has 0 saturated carbocycles. The number of halogens is 1. The summed E-state index contributed by atoms with van der Waals surface area (Å²) >= 11 is 0. The SMILES string of the molecule is CC(C)c1cccc(NC(=O)CNC(=O)CN)c1.Cl. The van der Waals surface area contributed by atoms with Gasteiger partial charge in [0.05, 0.1) is 13.1 Å². The minimum absolute atomic E-state index is 0. The van der Waals surface area contributed by atoms with Crippen molar-refractivity contribution in [2.24, 2.45) is 5.73 Å². The molecule has 5 nitrogen and oxygen atoms in total. The van der Waals surface area contributed by atoms with Crippen LogP contribution >= 0.6 is 12.4 Å². The van der Waals surface area contributed by atoms with Gasteiger partial charge in [-0.3, -0.25) is 9.59 Å². The summed E-state index contributed by atoms with van der Waals surface area (Å²) in [6, 6.07) is 7.64. The second kappa shape index (κ2) is 8.50. The van der Waals surface area contributed by atoms with Gasteiger partial charge in [0.25, 0.3) is 0 Å². The summed E-state index contributed by atoms with van der Waals surface area (Å²) in [7, 11) is 0. The predicted molar refractivity (Wildman–Crippen MR) is 78.5 cm³/mol. The van der Waals surface area contributed by atoms with E-state index in [4.69, 9.17) is 5.73 Å². The Kier molecular flexibility index (Phi) is 7.79. The molecule has 6 heteroatoms. The van der Waals surface area contributed by atoms with Crippen molar-refractivity contribution in [3.8, 4) is 0 Å². The third-order valence-electron chi connectivity index (χ3n) is 2.47. The van der Waals surface area contributed by atoms with Crippen LogP contribution in [0.5, 0.6) is 0 Å². The molecule has 4 N–H and O–H groups in total. The first kappa shape index (κ1) is 17.4. The lowest BCUT2D eigenvalue weighted by atomic mass is 10.0. The summed E-state index contributed by atoms with van der Waals surface area (Å²) in [4.78, 5) is 22.4. The van der Waals surface area contributed by atoms with E-state index in [9.17, 15) is 9.59 Å². The van der Waals surface area contributed by atoms with Crippen LogP contribution in [-0.4, -0.2) is 24.9 Å². The van der Waals surface area contributed by atoms with Crippen molar-refractivity contribution in [1.29, 1.82) is 0 Å². The van der Waals surface area contributed by atoms with Gasteiger partial charge >= 0.3 is 0 Å². The van der Waals surface area contributed by atoms with Crippen molar-refractivity contribution in [2.75, 3.05) is 18.4 Å². The Bertz CT molecular complexity index is 436. The van der Waals surface area contributed by atoms with Crippen molar-refractivity contribution in [2.45, 2.75) is 19.8 Å². The fraction of sp³-hybridized carbons (Fsp3) is 0.385. The first-order valence-corrected chi connectivity index (χ1v) is 5.89. The largest absolute Gasteiger partial charge is 0.346 e. The Balaban J connectivity index is 0.00000324. The van der Waals surface area contributed by atoms with Crippen molar-refractivity contribution < 1.29 is 9.59 Å². The predicted octanol–water partition coefficient (Wildman–Crippen LogP) is 1.25. The van der Waals surface area contributed by atoms with Gasteiger partial charge in [-0.2, -0.15) is 0 Å². The molecular formula is C13H20ClN3O2. The maximum atomic E-state index is 11.5. The highest BCUT2D eigenvalue weighted by Crippen LogP contribution is 2.18. The Labute approximate surface area is 119 Å². The smallest absolute Gasteiger partial charge is 0.243 e. The standard InChI is InChI=1S/C13H19N3O2.ClH/c1-9(2)10-4-3-5-11(6-10)16-13(18)8-15-12(17)7-14;/h3-6,9H,7-8,14H2,1-2H3,(H,15,17)(H,16,18);1H. The number of benzene rings is 1. The highest BCUT2D eigenvalue weighted by molar-refractivity contribution is 5.94. The summed E-state index contributed by atoms with van der Waals surface area (Å²) < 4.78 is 0. The Hall–Kier alpha value is -1.59. The molecule has 0 radical (unpaired) electrons. The maximum Gasteiger partial charge on any atom is 0.243 e. The molecule has 0 atom stereocenters. The molecule has 0 heterocycles. The molecule has 0 aliphatic rings. The normalized spacial score (nSPS) is 9.68. The van der Waals surface area contributed by atoms with E-state index in [0.29, 0.717) is 5.92 Å². The van der Waals surface area contributed by atoms with Crippen LogP contribution in [0.15, 0.2) is 24.3 Å². The topological polar surface area (TPSA) is 84.2 Å². The zero-order valence-electron chi connectivity index (χ0n) is 11.1. The molecule has 0 aromatic heterocycles. The lowest BCUT2D eigenvalue weighted by Gasteiger charge is -2.09. The lowest BCUT2D eigenvalue weighted by Crippen LogP contribution is -2.36. The van der Waals surface area contributed by atoms with E-state index in [0.717, 1.165) is 11.3 Å². The van der Waals surface area contributed by atoms with E-state index in [2.05, 4.69) is 24.5 Å². The third-order valence-corrected chi connectivity index (χ3v) is 2.47. The van der Waals surface area contributed by atoms with Gasteiger partial charge in [0.15, 0.2) is 0 Å². The highest BCUT2D eigenvalue weighted by Gasteiger charge is 2.05. The maximum absolute atomic E-state index is 11.5. The van der Waals surface area contributed by atoms with Crippen LogP contribution in [0.1, 0.15) is 25.3 Å². The lowest BCUT2D eigenvalue weighted by molar-refractivity contribution is -0.123. The average Bonchev–Trinajstić information content (AvgIpc) is 2.36. The number of hydrogen-bond acceptors (Lipinski definition) is 3. The number of amides is 2. The molecule has 0 bridgehead atoms. The molecule has 1 aromatic carbocycles. The molecule has 0 aliphatic heterocycles. The van der Waals surface area contributed by atoms with E-state index in [1.807, 2.05) is 24.3 Å². The van der Waals surface area contributed by atoms with E-state index >= 15 is 0 Å². The Morgan fingerprint density at radius 1 is 1.26 bits per heavy atom. The fourth-order valence-electron chi connectivity index (χ4n) is 1.43. The zero-order chi connectivity index (χ0) is 13.5. The van der Waals surface area contributed by atoms with Crippen LogP contribution < -0.4 is 16.4 Å². The summed E-state index contributed by atoms with van der Waals surface area (Å²) in [5.41, 5.74) is 7.00. The van der Waals surface area contributed by atoms with Crippen molar-refractivity contribution in [3.05, 3.63) is 29.8 Å². The number of carbonyl (C=O) groups is 2. The van der Waals surface area contributed by atoms with Crippen molar-refractivity contribution >= 4 is 29.9 Å². The molecule has 0 aliphatic carbocycles. The summed E-state index contributed by atoms with van der Waals surface area (Å²) in [5, 5.41) is 5.14. The Morgan fingerprint density at radius 3 is 2.53 bits per heavy atom. The third kappa shape index (κ3) is 6.22. The number of hydrogen-bond donors (Lipinski definition) is 3. The molecule has 0 saturated heterocycles. The van der Waals surface area contributed by atoms with E-state index < -0.39 is 0 Å². The van der Waals surface area contributed by atoms with Crippen LogP contribution in [0.3, 0.4) is 0 Å². The van der Waals surface area contributed by atoms with Crippen molar-refractivity contribution in [3.63, 3.8) is 0 Å². The van der Waals surface area contributed by atoms with Crippen LogP contribution in [0.4, 0.5) is 5.69 Å². The molecule has 1 aromatic rings. The monoisotopic (exact) mass is 285 g/mol. The molecule has 19 heavy (non-hydrogen) atoms. The number of anilines is 1. The molecule has 0 unspecified atom stereocenters. The zero-order valence-corrected chi connectivity index (χ0v) is 11.9. The van der Waals surface area contributed by atoms with Gasteiger partial charge in [0.1, 0.15) is 0 Å². The second-order valence-electron chi connectivity index (χ2n) is 4.31. The van der Waals surface area contributed by atoms with Crippen LogP contribution in [0.2, 0.25) is 0 Å². The van der Waals surface area contributed by atoms with Gasteiger partial charge in [-0.05, 0) is 23.6 Å². The van der Waals surface area contributed by atoms with E-state index in [1.165, 1.54) is 0 Å². The van der Waals surface area contributed by atoms with Gasteiger partial charge in [0.2, 0.25) is 11.8 Å². The number of rotatable bonds is 5. The molecular weight excluding hydrogens is 266 g/mol. The van der Waals surface area contributed by atoms with Crippen LogP contribution in [0.25, 0.3) is 0 Å². The summed E-state index contributed by atoms with van der Waals surface area (Å²) in [6.45, 7) is 3.99.